The smallest absolute Gasteiger partial charge is 0.114 e. The minimum absolute atomic E-state index is 0.483. The van der Waals surface area contributed by atoms with Gasteiger partial charge in [0.15, 0.2) is 0 Å². The molecule has 0 saturated carbocycles. The Hall–Kier alpha value is -0.546. The number of hydrogen-bond donors (Lipinski definition) is 1. The van der Waals surface area contributed by atoms with Crippen LogP contribution < -0.4 is 10.4 Å². The van der Waals surface area contributed by atoms with E-state index in [1.165, 1.54) is 10.4 Å². The highest BCUT2D eigenvalue weighted by molar-refractivity contribution is 6.91. The maximum atomic E-state index is 9.89. The van der Waals surface area contributed by atoms with Crippen LogP contribution in [0.25, 0.3) is 0 Å². The number of phenolic OH excluding ortho intramolecular Hbond substituents is 1. The van der Waals surface area contributed by atoms with Gasteiger partial charge in [-0.25, -0.2) is 0 Å². The van der Waals surface area contributed by atoms with Gasteiger partial charge in [0, 0.05) is 0 Å². The van der Waals surface area contributed by atoms with Gasteiger partial charge < -0.3 is 5.11 Å². The van der Waals surface area contributed by atoms with E-state index in [-0.39, 0.29) is 0 Å². The first-order valence-electron chi connectivity index (χ1n) is 5.46. The maximum absolute atomic E-state index is 9.89. The molecule has 1 nitrogen and oxygen atoms in total. The Morgan fingerprint density at radius 1 is 0.867 bits per heavy atom. The first-order valence-corrected chi connectivity index (χ1v) is 12.5. The monoisotopic (exact) mass is 238 g/mol. The molecule has 0 radical (unpaired) electrons. The van der Waals surface area contributed by atoms with Crippen LogP contribution in [0.4, 0.5) is 0 Å². The Balaban J connectivity index is 3.30. The van der Waals surface area contributed by atoms with Gasteiger partial charge in [0.05, 0.1) is 16.1 Å². The van der Waals surface area contributed by atoms with Crippen LogP contribution in [0, 0.1) is 0 Å². The minimum atomic E-state index is -1.42. The van der Waals surface area contributed by atoms with E-state index >= 15 is 0 Å². The van der Waals surface area contributed by atoms with Crippen molar-refractivity contribution in [1.82, 2.24) is 0 Å². The number of aromatic hydroxyl groups is 1. The van der Waals surface area contributed by atoms with Gasteiger partial charge in [-0.3, -0.25) is 0 Å². The molecule has 1 aromatic carbocycles. The van der Waals surface area contributed by atoms with Gasteiger partial charge in [-0.15, -0.1) is 0 Å². The van der Waals surface area contributed by atoms with E-state index in [4.69, 9.17) is 0 Å². The number of phenols is 1. The van der Waals surface area contributed by atoms with Crippen LogP contribution in [0.3, 0.4) is 0 Å². The molecule has 0 aliphatic carbocycles. The van der Waals surface area contributed by atoms with E-state index in [2.05, 4.69) is 51.4 Å². The van der Waals surface area contributed by atoms with Crippen LogP contribution in [0.1, 0.15) is 0 Å². The van der Waals surface area contributed by atoms with Crippen LogP contribution in [0.15, 0.2) is 18.2 Å². The van der Waals surface area contributed by atoms with Gasteiger partial charge in [-0.1, -0.05) is 56.6 Å². The molecule has 0 fully saturated rings. The highest BCUT2D eigenvalue weighted by Crippen LogP contribution is 2.13. The fraction of sp³-hybridized carbons (Fsp3) is 0.500. The number of benzene rings is 1. The van der Waals surface area contributed by atoms with Crippen molar-refractivity contribution in [2.75, 3.05) is 0 Å². The maximum Gasteiger partial charge on any atom is 0.114 e. The van der Waals surface area contributed by atoms with E-state index in [1.807, 2.05) is 6.07 Å². The fourth-order valence-corrected chi connectivity index (χ4v) is 4.35. The summed E-state index contributed by atoms with van der Waals surface area (Å²) in [5, 5.41) is 12.5. The topological polar surface area (TPSA) is 20.2 Å². The Morgan fingerprint density at radius 3 is 1.80 bits per heavy atom. The Labute approximate surface area is 95.2 Å². The van der Waals surface area contributed by atoms with Gasteiger partial charge in [0.1, 0.15) is 5.75 Å². The Morgan fingerprint density at radius 2 is 1.40 bits per heavy atom. The zero-order chi connectivity index (χ0) is 11.9. The van der Waals surface area contributed by atoms with Crippen molar-refractivity contribution in [3.63, 3.8) is 0 Å². The van der Waals surface area contributed by atoms with Gasteiger partial charge in [-0.2, -0.15) is 0 Å². The second-order valence-corrected chi connectivity index (χ2v) is 16.3. The second-order valence-electron chi connectivity index (χ2n) is 6.23. The van der Waals surface area contributed by atoms with Crippen molar-refractivity contribution in [3.8, 4) is 5.75 Å². The van der Waals surface area contributed by atoms with Crippen LogP contribution in [-0.2, 0) is 0 Å². The average molecular weight is 238 g/mol. The zero-order valence-corrected chi connectivity index (χ0v) is 12.7. The van der Waals surface area contributed by atoms with Gasteiger partial charge in [-0.05, 0) is 11.3 Å². The SMILES string of the molecule is C[Si](C)(C)c1ccc(O)c([Si](C)(C)C)c1. The lowest BCUT2D eigenvalue weighted by Gasteiger charge is -2.23. The summed E-state index contributed by atoms with van der Waals surface area (Å²) < 4.78 is 0. The molecule has 1 aromatic rings. The van der Waals surface area contributed by atoms with E-state index < -0.39 is 16.1 Å². The second kappa shape index (κ2) is 3.79. The summed E-state index contributed by atoms with van der Waals surface area (Å²) in [6.07, 6.45) is 0. The summed E-state index contributed by atoms with van der Waals surface area (Å²) >= 11 is 0. The molecular weight excluding hydrogens is 216 g/mol. The fourth-order valence-electron chi connectivity index (χ4n) is 1.60. The van der Waals surface area contributed by atoms with Crippen molar-refractivity contribution in [1.29, 1.82) is 0 Å². The molecule has 1 rings (SSSR count). The summed E-state index contributed by atoms with van der Waals surface area (Å²) in [4.78, 5) is 0. The number of hydrogen-bond acceptors (Lipinski definition) is 1. The van der Waals surface area contributed by atoms with Crippen LogP contribution >= 0.6 is 0 Å². The summed E-state index contributed by atoms with van der Waals surface area (Å²) in [6, 6.07) is 6.21. The van der Waals surface area contributed by atoms with Crippen molar-refractivity contribution in [3.05, 3.63) is 18.2 Å². The molecule has 0 aliphatic heterocycles. The molecule has 84 valence electrons. The highest BCUT2D eigenvalue weighted by Gasteiger charge is 2.24. The molecule has 0 amide bonds. The quantitative estimate of drug-likeness (QED) is 0.785. The molecule has 3 heteroatoms. The molecule has 0 atom stereocenters. The highest BCUT2D eigenvalue weighted by atomic mass is 28.3. The average Bonchev–Trinajstić information content (AvgIpc) is 2.00. The van der Waals surface area contributed by atoms with E-state index in [1.54, 1.807) is 0 Å². The number of rotatable bonds is 2. The lowest BCUT2D eigenvalue weighted by atomic mass is 10.3. The van der Waals surface area contributed by atoms with Crippen molar-refractivity contribution >= 4 is 26.5 Å². The van der Waals surface area contributed by atoms with Crippen molar-refractivity contribution in [2.45, 2.75) is 39.3 Å². The Kier molecular flexibility index (Phi) is 3.17. The summed E-state index contributed by atoms with van der Waals surface area (Å²) in [6.45, 7) is 13.8. The normalized spacial score (nSPS) is 12.9. The molecule has 15 heavy (non-hydrogen) atoms. The summed E-state index contributed by atoms with van der Waals surface area (Å²) in [7, 11) is -2.67. The molecule has 0 bridgehead atoms. The molecule has 0 saturated heterocycles. The lowest BCUT2D eigenvalue weighted by molar-refractivity contribution is 0.479. The van der Waals surface area contributed by atoms with E-state index in [0.29, 0.717) is 5.75 Å². The van der Waals surface area contributed by atoms with Gasteiger partial charge >= 0.3 is 0 Å². The first-order chi connectivity index (χ1) is 6.62. The zero-order valence-electron chi connectivity index (χ0n) is 10.7. The predicted molar refractivity (Wildman–Crippen MR) is 74.1 cm³/mol. The van der Waals surface area contributed by atoms with Crippen LogP contribution in [0.2, 0.25) is 39.3 Å². The molecular formula is C12H22OSi2. The van der Waals surface area contributed by atoms with Gasteiger partial charge in [0.25, 0.3) is 0 Å². The van der Waals surface area contributed by atoms with Crippen LogP contribution in [-0.4, -0.2) is 21.3 Å². The van der Waals surface area contributed by atoms with Crippen molar-refractivity contribution < 1.29 is 5.11 Å². The molecule has 0 heterocycles. The Bertz CT molecular complexity index is 359. The molecule has 1 N–H and O–H groups in total. The third-order valence-electron chi connectivity index (χ3n) is 2.67. The molecule has 0 aliphatic rings. The standard InChI is InChI=1S/C12H22OSi2/c1-14(2,3)10-7-8-11(13)12(9-10)15(4,5)6/h7-9,13H,1-6H3. The molecule has 0 spiro atoms. The third-order valence-corrected chi connectivity index (χ3v) is 6.73. The van der Waals surface area contributed by atoms with Crippen LogP contribution in [0.5, 0.6) is 5.75 Å². The largest absolute Gasteiger partial charge is 0.508 e. The molecule has 0 aromatic heterocycles. The summed E-state index contributed by atoms with van der Waals surface area (Å²) in [5.41, 5.74) is 0. The summed E-state index contributed by atoms with van der Waals surface area (Å²) in [5.74, 6) is 0.483. The van der Waals surface area contributed by atoms with Crippen molar-refractivity contribution in [2.24, 2.45) is 0 Å². The lowest BCUT2D eigenvalue weighted by Crippen LogP contribution is -2.44. The molecule has 0 unspecified atom stereocenters. The first kappa shape index (κ1) is 12.5. The predicted octanol–water partition coefficient (Wildman–Crippen LogP) is 2.48. The van der Waals surface area contributed by atoms with E-state index in [0.717, 1.165) is 0 Å². The minimum Gasteiger partial charge on any atom is -0.508 e. The van der Waals surface area contributed by atoms with Gasteiger partial charge in [0.2, 0.25) is 0 Å². The third kappa shape index (κ3) is 2.95. The van der Waals surface area contributed by atoms with E-state index in [9.17, 15) is 5.11 Å².